The molecule has 3 amide bonds. The van der Waals surface area contributed by atoms with Crippen LogP contribution in [0.3, 0.4) is 0 Å². The number of aryl methyl sites for hydroxylation is 2. The van der Waals surface area contributed by atoms with E-state index in [1.807, 2.05) is 0 Å². The van der Waals surface area contributed by atoms with Crippen molar-refractivity contribution in [1.29, 1.82) is 0 Å². The first-order valence-electron chi connectivity index (χ1n) is 12.3. The number of imide groups is 1. The summed E-state index contributed by atoms with van der Waals surface area (Å²) in [5, 5.41) is 4.09. The molecule has 1 aliphatic rings. The van der Waals surface area contributed by atoms with Gasteiger partial charge in [0.1, 0.15) is 11.9 Å². The van der Waals surface area contributed by atoms with Gasteiger partial charge in [-0.2, -0.15) is 5.10 Å². The van der Waals surface area contributed by atoms with Crippen LogP contribution in [0, 0.1) is 24.5 Å². The van der Waals surface area contributed by atoms with E-state index in [0.29, 0.717) is 17.8 Å². The third-order valence-corrected chi connectivity index (χ3v) is 6.97. The predicted molar refractivity (Wildman–Crippen MR) is 137 cm³/mol. The van der Waals surface area contributed by atoms with E-state index in [9.17, 15) is 23.2 Å². The Morgan fingerprint density at radius 3 is 2.61 bits per heavy atom. The molecule has 1 aromatic carbocycles. The molecule has 1 aliphatic heterocycles. The number of amides is 3. The molecule has 0 aliphatic carbocycles. The maximum atomic E-state index is 14.5. The number of aromatic nitrogens is 3. The molecule has 1 fully saturated rings. The maximum Gasteiger partial charge on any atom is 0.250 e. The van der Waals surface area contributed by atoms with Gasteiger partial charge in [-0.05, 0) is 55.0 Å². The zero-order valence-corrected chi connectivity index (χ0v) is 21.7. The Kier molecular flexibility index (Phi) is 7.56. The van der Waals surface area contributed by atoms with E-state index in [0.717, 1.165) is 16.5 Å². The Hall–Kier alpha value is -4.15. The standard InChI is InChI=1S/C27H30F2N6O3/c1-5-17(19-7-6-8-21(28)24(19)29)12-23(36)35-25(27(38)34(4)18-13-31-33(3)14-18)20(26(35)37)10-16-9-15(2)32-22(30)11-16/h6-9,11,13-14,17,20,25H,5,10,12H2,1-4H3,(H2,30,32)/t17-,20+,25-/m0/s1. The van der Waals surface area contributed by atoms with Crippen LogP contribution in [0.4, 0.5) is 20.3 Å². The molecular formula is C27H30F2N6O3. The molecule has 200 valence electrons. The summed E-state index contributed by atoms with van der Waals surface area (Å²) in [7, 11) is 3.26. The van der Waals surface area contributed by atoms with Crippen LogP contribution in [0.15, 0.2) is 42.7 Å². The highest BCUT2D eigenvalue weighted by Crippen LogP contribution is 2.36. The fraction of sp³-hybridized carbons (Fsp3) is 0.370. The number of hydrogen-bond donors (Lipinski definition) is 1. The number of nitrogens with two attached hydrogens (primary N) is 1. The van der Waals surface area contributed by atoms with Gasteiger partial charge in [0.2, 0.25) is 11.8 Å². The summed E-state index contributed by atoms with van der Waals surface area (Å²) in [6, 6.07) is 6.15. The van der Waals surface area contributed by atoms with Gasteiger partial charge in [-0.15, -0.1) is 0 Å². The smallest absolute Gasteiger partial charge is 0.250 e. The second-order valence-electron chi connectivity index (χ2n) is 9.62. The molecule has 2 aromatic heterocycles. The summed E-state index contributed by atoms with van der Waals surface area (Å²) in [6.07, 6.45) is 3.42. The van der Waals surface area contributed by atoms with Crippen LogP contribution < -0.4 is 10.6 Å². The largest absolute Gasteiger partial charge is 0.384 e. The lowest BCUT2D eigenvalue weighted by Gasteiger charge is -2.46. The summed E-state index contributed by atoms with van der Waals surface area (Å²) in [4.78, 5) is 46.9. The zero-order valence-electron chi connectivity index (χ0n) is 21.7. The lowest BCUT2D eigenvalue weighted by Crippen LogP contribution is -2.69. The van der Waals surface area contributed by atoms with E-state index >= 15 is 0 Å². The van der Waals surface area contributed by atoms with E-state index in [2.05, 4.69) is 10.1 Å². The fourth-order valence-corrected chi connectivity index (χ4v) is 4.97. The Morgan fingerprint density at radius 1 is 1.24 bits per heavy atom. The predicted octanol–water partition coefficient (Wildman–Crippen LogP) is 3.13. The molecule has 1 saturated heterocycles. The summed E-state index contributed by atoms with van der Waals surface area (Å²) in [6.45, 7) is 3.52. The highest BCUT2D eigenvalue weighted by molar-refractivity contribution is 6.12. The van der Waals surface area contributed by atoms with Gasteiger partial charge in [0, 0.05) is 32.4 Å². The Labute approximate surface area is 219 Å². The van der Waals surface area contributed by atoms with Crippen LogP contribution in [-0.2, 0) is 27.9 Å². The van der Waals surface area contributed by atoms with Crippen molar-refractivity contribution >= 4 is 29.2 Å². The van der Waals surface area contributed by atoms with E-state index in [-0.39, 0.29) is 24.2 Å². The van der Waals surface area contributed by atoms with Gasteiger partial charge < -0.3 is 10.6 Å². The molecule has 3 aromatic rings. The van der Waals surface area contributed by atoms with Gasteiger partial charge in [-0.1, -0.05) is 19.1 Å². The number of likely N-dealkylation sites (tertiary alicyclic amines) is 1. The number of benzene rings is 1. The number of hydrogen-bond acceptors (Lipinski definition) is 6. The van der Waals surface area contributed by atoms with Crippen molar-refractivity contribution in [3.63, 3.8) is 0 Å². The van der Waals surface area contributed by atoms with E-state index < -0.39 is 47.2 Å². The van der Waals surface area contributed by atoms with Gasteiger partial charge >= 0.3 is 0 Å². The van der Waals surface area contributed by atoms with E-state index in [1.54, 1.807) is 46.3 Å². The summed E-state index contributed by atoms with van der Waals surface area (Å²) >= 11 is 0. The summed E-state index contributed by atoms with van der Waals surface area (Å²) < 4.78 is 29.9. The van der Waals surface area contributed by atoms with Crippen LogP contribution >= 0.6 is 0 Å². The molecule has 2 N–H and O–H groups in total. The molecule has 0 spiro atoms. The minimum atomic E-state index is -1.08. The fourth-order valence-electron chi connectivity index (χ4n) is 4.97. The summed E-state index contributed by atoms with van der Waals surface area (Å²) in [5.74, 6) is -4.79. The molecule has 3 atom stereocenters. The minimum Gasteiger partial charge on any atom is -0.384 e. The van der Waals surface area contributed by atoms with E-state index in [1.165, 1.54) is 27.9 Å². The number of halogens is 2. The van der Waals surface area contributed by atoms with Gasteiger partial charge in [0.15, 0.2) is 11.6 Å². The Bertz CT molecular complexity index is 1370. The monoisotopic (exact) mass is 524 g/mol. The molecule has 0 saturated carbocycles. The van der Waals surface area contributed by atoms with Crippen LogP contribution in [0.1, 0.15) is 42.5 Å². The highest BCUT2D eigenvalue weighted by Gasteiger charge is 2.55. The van der Waals surface area contributed by atoms with Gasteiger partial charge in [-0.3, -0.25) is 24.0 Å². The van der Waals surface area contributed by atoms with Crippen molar-refractivity contribution in [2.75, 3.05) is 17.7 Å². The first kappa shape index (κ1) is 26.9. The topological polar surface area (TPSA) is 114 Å². The zero-order chi connectivity index (χ0) is 27.7. The Morgan fingerprint density at radius 2 is 1.97 bits per heavy atom. The van der Waals surface area contributed by atoms with Crippen LogP contribution in [0.25, 0.3) is 0 Å². The molecule has 9 nitrogen and oxygen atoms in total. The SMILES string of the molecule is CC[C@@H](CC(=O)N1C(=O)[C@H](Cc2cc(C)nc(N)c2)[C@H]1C(=O)N(C)c1cnn(C)c1)c1cccc(F)c1F. The molecule has 3 heterocycles. The Balaban J connectivity index is 1.63. The van der Waals surface area contributed by atoms with Crippen molar-refractivity contribution in [2.45, 2.75) is 45.1 Å². The average molecular weight is 525 g/mol. The highest BCUT2D eigenvalue weighted by atomic mass is 19.2. The van der Waals surface area contributed by atoms with Gasteiger partial charge in [0.25, 0.3) is 5.91 Å². The minimum absolute atomic E-state index is 0.0588. The molecule has 11 heteroatoms. The number of nitrogens with zero attached hydrogens (tertiary/aromatic N) is 5. The van der Waals surface area contributed by atoms with Crippen molar-refractivity contribution in [1.82, 2.24) is 19.7 Å². The molecule has 4 rings (SSSR count). The van der Waals surface area contributed by atoms with Crippen LogP contribution in [-0.4, -0.2) is 50.5 Å². The maximum absolute atomic E-state index is 14.5. The molecule has 0 radical (unpaired) electrons. The van der Waals surface area contributed by atoms with Crippen molar-refractivity contribution < 1.29 is 23.2 Å². The van der Waals surface area contributed by atoms with Crippen LogP contribution in [0.2, 0.25) is 0 Å². The first-order chi connectivity index (χ1) is 18.0. The normalized spacial score (nSPS) is 17.7. The second kappa shape index (κ2) is 10.7. The molecule has 38 heavy (non-hydrogen) atoms. The summed E-state index contributed by atoms with van der Waals surface area (Å²) in [5.41, 5.74) is 7.81. The number of anilines is 2. The number of rotatable bonds is 8. The number of β-lactam (4-membered cyclic amide) rings is 1. The van der Waals surface area contributed by atoms with Gasteiger partial charge in [0.05, 0.1) is 17.8 Å². The molecule has 0 unspecified atom stereocenters. The van der Waals surface area contributed by atoms with Crippen molar-refractivity contribution in [3.8, 4) is 0 Å². The van der Waals surface area contributed by atoms with Crippen molar-refractivity contribution in [3.05, 3.63) is 71.2 Å². The van der Waals surface area contributed by atoms with Crippen molar-refractivity contribution in [2.24, 2.45) is 13.0 Å². The number of carbonyl (C=O) groups is 3. The lowest BCUT2D eigenvalue weighted by molar-refractivity contribution is -0.170. The quantitative estimate of drug-likeness (QED) is 0.453. The molecule has 0 bridgehead atoms. The number of nitrogen functional groups attached to an aromatic ring is 1. The average Bonchev–Trinajstić information content (AvgIpc) is 3.30. The number of likely N-dealkylation sites (N-methyl/N-ethyl adjacent to an activating group) is 1. The second-order valence-corrected chi connectivity index (χ2v) is 9.62. The van der Waals surface area contributed by atoms with Crippen LogP contribution in [0.5, 0.6) is 0 Å². The number of carbonyl (C=O) groups excluding carboxylic acids is 3. The lowest BCUT2D eigenvalue weighted by atomic mass is 9.80. The third kappa shape index (κ3) is 5.13. The third-order valence-electron chi connectivity index (χ3n) is 6.97. The number of pyridine rings is 1. The molecular weight excluding hydrogens is 494 g/mol. The van der Waals surface area contributed by atoms with Gasteiger partial charge in [-0.25, -0.2) is 13.8 Å². The first-order valence-corrected chi connectivity index (χ1v) is 12.3. The van der Waals surface area contributed by atoms with E-state index in [4.69, 9.17) is 5.73 Å².